The lowest BCUT2D eigenvalue weighted by Crippen LogP contribution is -2.22. The number of ketones is 1. The number of hydrogen-bond acceptors (Lipinski definition) is 3. The van der Waals surface area contributed by atoms with Crippen molar-refractivity contribution >= 4 is 33.5 Å². The summed E-state index contributed by atoms with van der Waals surface area (Å²) >= 11 is 0. The third-order valence-electron chi connectivity index (χ3n) is 4.73. The maximum absolute atomic E-state index is 12.4. The van der Waals surface area contributed by atoms with Gasteiger partial charge in [-0.05, 0) is 60.4 Å². The molecule has 33 heavy (non-hydrogen) atoms. The number of aromatic nitrogens is 2. The maximum atomic E-state index is 12.4. The molecule has 5 nitrogen and oxygen atoms in total. The van der Waals surface area contributed by atoms with Crippen LogP contribution in [0.4, 0.5) is 18.9 Å². The van der Waals surface area contributed by atoms with Crippen LogP contribution in [-0.2, 0) is 11.0 Å². The van der Waals surface area contributed by atoms with E-state index in [9.17, 15) is 22.2 Å². The van der Waals surface area contributed by atoms with Crippen LogP contribution in [-0.4, -0.2) is 25.5 Å². The monoisotopic (exact) mass is 467 g/mol. The van der Waals surface area contributed by atoms with Crippen LogP contribution in [0.25, 0.3) is 22.2 Å². The van der Waals surface area contributed by atoms with Gasteiger partial charge in [0.15, 0.2) is 11.6 Å². The van der Waals surface area contributed by atoms with Crippen molar-refractivity contribution < 1.29 is 22.2 Å². The number of nitrogens with zero attached hydrogens (tertiary/aromatic N) is 1. The normalized spacial score (nSPS) is 12.1. The first kappa shape index (κ1) is 22.3. The number of halogens is 3. The molecule has 1 aromatic heterocycles. The molecule has 1 atom stereocenters. The quantitative estimate of drug-likeness (QED) is 0.311. The van der Waals surface area contributed by atoms with Gasteiger partial charge >= 0.3 is 5.51 Å². The van der Waals surface area contributed by atoms with Gasteiger partial charge in [0.25, 0.3) is 0 Å². The van der Waals surface area contributed by atoms with Gasteiger partial charge in [-0.3, -0.25) is 9.52 Å². The molecule has 0 spiro atoms. The zero-order valence-electron chi connectivity index (χ0n) is 17.2. The van der Waals surface area contributed by atoms with Crippen molar-refractivity contribution in [1.82, 2.24) is 9.97 Å². The van der Waals surface area contributed by atoms with Crippen molar-refractivity contribution in [2.75, 3.05) is 4.72 Å². The van der Waals surface area contributed by atoms with Crippen molar-refractivity contribution in [1.29, 1.82) is 0 Å². The average molecular weight is 467 g/mol. The Morgan fingerprint density at radius 1 is 1.03 bits per heavy atom. The van der Waals surface area contributed by atoms with Crippen LogP contribution in [0.15, 0.2) is 66.7 Å². The lowest BCUT2D eigenvalue weighted by molar-refractivity contribution is -0.0379. The summed E-state index contributed by atoms with van der Waals surface area (Å²) in [6.45, 7) is 1.53. The second-order valence-corrected chi connectivity index (χ2v) is 8.27. The zero-order valence-corrected chi connectivity index (χ0v) is 18.0. The van der Waals surface area contributed by atoms with E-state index in [2.05, 4.69) is 21.8 Å². The number of imidazole rings is 1. The summed E-state index contributed by atoms with van der Waals surface area (Å²) in [5.74, 6) is 6.18. The standard InChI is InChI=1S/C24H16F3N3O2S/c1-15(31)19-4-2-3-5-20(19)17-9-12-21-22(14-17)29-23(28-21)13-8-16-6-10-18(11-7-16)30-33(32)24(25,26)27/h2-7,9-12,14,30H,1H3,(H,28,29). The van der Waals surface area contributed by atoms with E-state index < -0.39 is 16.5 Å². The number of rotatable bonds is 4. The van der Waals surface area contributed by atoms with E-state index in [4.69, 9.17) is 0 Å². The highest BCUT2D eigenvalue weighted by molar-refractivity contribution is 7.87. The summed E-state index contributed by atoms with van der Waals surface area (Å²) in [5.41, 5.74) is -0.429. The highest BCUT2D eigenvalue weighted by Gasteiger charge is 2.37. The van der Waals surface area contributed by atoms with E-state index in [1.54, 1.807) is 6.07 Å². The summed E-state index contributed by atoms with van der Waals surface area (Å²) in [5, 5.41) is 0. The van der Waals surface area contributed by atoms with Crippen LogP contribution < -0.4 is 4.72 Å². The van der Waals surface area contributed by atoms with Crippen LogP contribution in [0.5, 0.6) is 0 Å². The Labute approximate surface area is 189 Å². The molecule has 0 bridgehead atoms. The molecule has 9 heteroatoms. The largest absolute Gasteiger partial charge is 0.490 e. The molecule has 0 radical (unpaired) electrons. The highest BCUT2D eigenvalue weighted by atomic mass is 32.2. The van der Waals surface area contributed by atoms with Crippen molar-refractivity contribution in [3.63, 3.8) is 0 Å². The number of alkyl halides is 3. The van der Waals surface area contributed by atoms with Crippen molar-refractivity contribution in [2.24, 2.45) is 0 Å². The molecular formula is C24H16F3N3O2S. The number of benzene rings is 3. The molecule has 2 N–H and O–H groups in total. The van der Waals surface area contributed by atoms with E-state index in [-0.39, 0.29) is 11.5 Å². The predicted molar refractivity (Wildman–Crippen MR) is 122 cm³/mol. The van der Waals surface area contributed by atoms with Crippen molar-refractivity contribution in [3.8, 4) is 23.0 Å². The Morgan fingerprint density at radius 3 is 2.45 bits per heavy atom. The molecule has 4 rings (SSSR count). The SMILES string of the molecule is CC(=O)c1ccccc1-c1ccc2nc(C#Cc3ccc(NS(=O)C(F)(F)F)cc3)[nH]c2c1. The fourth-order valence-electron chi connectivity index (χ4n) is 3.20. The molecule has 1 heterocycles. The number of anilines is 1. The van der Waals surface area contributed by atoms with Gasteiger partial charge in [-0.2, -0.15) is 13.2 Å². The van der Waals surface area contributed by atoms with Gasteiger partial charge in [-0.1, -0.05) is 36.3 Å². The minimum atomic E-state index is -4.84. The molecule has 0 saturated carbocycles. The number of Topliss-reactive ketones (excluding diaryl/α,β-unsaturated/α-hetero) is 1. The molecule has 166 valence electrons. The Kier molecular flexibility index (Phi) is 6.03. The smallest absolute Gasteiger partial charge is 0.331 e. The van der Waals surface area contributed by atoms with E-state index >= 15 is 0 Å². The van der Waals surface area contributed by atoms with Crippen LogP contribution >= 0.6 is 0 Å². The molecule has 0 aliphatic heterocycles. The maximum Gasteiger partial charge on any atom is 0.490 e. The van der Waals surface area contributed by atoms with Crippen LogP contribution in [0.3, 0.4) is 0 Å². The van der Waals surface area contributed by atoms with Crippen LogP contribution in [0, 0.1) is 11.8 Å². The molecule has 3 aromatic carbocycles. The Hall–Kier alpha value is -3.90. The van der Waals surface area contributed by atoms with Gasteiger partial charge in [-0.25, -0.2) is 9.19 Å². The molecule has 0 saturated heterocycles. The lowest BCUT2D eigenvalue weighted by Gasteiger charge is -2.08. The number of aromatic amines is 1. The van der Waals surface area contributed by atoms with E-state index in [1.165, 1.54) is 31.2 Å². The number of carbonyl (C=O) groups excluding carboxylic acids is 1. The fourth-order valence-corrected chi connectivity index (χ4v) is 3.66. The number of carbonyl (C=O) groups is 1. The van der Waals surface area contributed by atoms with Gasteiger partial charge in [0.2, 0.25) is 11.0 Å². The number of nitrogens with one attached hydrogen (secondary N) is 2. The molecule has 0 aliphatic rings. The first-order chi connectivity index (χ1) is 15.7. The summed E-state index contributed by atoms with van der Waals surface area (Å²) in [6, 6.07) is 18.8. The minimum Gasteiger partial charge on any atom is -0.331 e. The van der Waals surface area contributed by atoms with E-state index in [1.807, 2.05) is 41.1 Å². The van der Waals surface area contributed by atoms with Crippen molar-refractivity contribution in [2.45, 2.75) is 12.4 Å². The molecular weight excluding hydrogens is 451 g/mol. The summed E-state index contributed by atoms with van der Waals surface area (Å²) in [6.07, 6.45) is 0. The third kappa shape index (κ3) is 5.13. The Balaban J connectivity index is 1.56. The first-order valence-electron chi connectivity index (χ1n) is 9.68. The van der Waals surface area contributed by atoms with E-state index in [0.717, 1.165) is 16.6 Å². The van der Waals surface area contributed by atoms with Gasteiger partial charge in [0.05, 0.1) is 11.0 Å². The second-order valence-electron chi connectivity index (χ2n) is 7.06. The Morgan fingerprint density at radius 2 is 1.76 bits per heavy atom. The predicted octanol–water partition coefficient (Wildman–Crippen LogP) is 5.43. The van der Waals surface area contributed by atoms with Gasteiger partial charge in [0, 0.05) is 16.8 Å². The second kappa shape index (κ2) is 8.92. The van der Waals surface area contributed by atoms with Crippen molar-refractivity contribution in [3.05, 3.63) is 83.7 Å². The van der Waals surface area contributed by atoms with Crippen LogP contribution in [0.2, 0.25) is 0 Å². The van der Waals surface area contributed by atoms with E-state index in [0.29, 0.717) is 22.5 Å². The lowest BCUT2D eigenvalue weighted by atomic mass is 9.97. The zero-order chi connectivity index (χ0) is 23.6. The molecule has 4 aromatic rings. The summed E-state index contributed by atoms with van der Waals surface area (Å²) < 4.78 is 50.1. The third-order valence-corrected chi connectivity index (χ3v) is 5.57. The first-order valence-corrected chi connectivity index (χ1v) is 10.8. The average Bonchev–Trinajstić information content (AvgIpc) is 3.20. The molecule has 0 amide bonds. The van der Waals surface area contributed by atoms with Gasteiger partial charge in [0.1, 0.15) is 0 Å². The van der Waals surface area contributed by atoms with Gasteiger partial charge in [-0.15, -0.1) is 0 Å². The number of fused-ring (bicyclic) bond motifs is 1. The highest BCUT2D eigenvalue weighted by Crippen LogP contribution is 2.27. The van der Waals surface area contributed by atoms with Crippen LogP contribution in [0.1, 0.15) is 28.7 Å². The Bertz CT molecular complexity index is 1430. The fraction of sp³-hybridized carbons (Fsp3) is 0.0833. The molecule has 1 unspecified atom stereocenters. The number of H-pyrrole nitrogens is 1. The summed E-state index contributed by atoms with van der Waals surface area (Å²) in [4.78, 5) is 19.5. The number of hydrogen-bond donors (Lipinski definition) is 2. The molecule has 0 fully saturated rings. The van der Waals surface area contributed by atoms with Gasteiger partial charge < -0.3 is 4.98 Å². The minimum absolute atomic E-state index is 0.0206. The summed E-state index contributed by atoms with van der Waals surface area (Å²) in [7, 11) is -3.18. The topological polar surface area (TPSA) is 74.8 Å². The molecule has 0 aliphatic carbocycles.